The van der Waals surface area contributed by atoms with Gasteiger partial charge in [-0.05, 0) is 77.7 Å². The summed E-state index contributed by atoms with van der Waals surface area (Å²) in [7, 11) is 0. The summed E-state index contributed by atoms with van der Waals surface area (Å²) < 4.78 is 6.70. The molecule has 0 aliphatic heterocycles. The van der Waals surface area contributed by atoms with Gasteiger partial charge in [-0.25, -0.2) is 0 Å². The van der Waals surface area contributed by atoms with Gasteiger partial charge in [0.25, 0.3) is 5.91 Å². The molecule has 3 rings (SSSR count). The van der Waals surface area contributed by atoms with Crippen LogP contribution in [0.25, 0.3) is 10.8 Å². The first-order valence-electron chi connectivity index (χ1n) is 11.4. The van der Waals surface area contributed by atoms with Crippen LogP contribution in [0.4, 0.5) is 0 Å². The van der Waals surface area contributed by atoms with Crippen LogP contribution in [0.15, 0.2) is 59.1 Å². The number of rotatable bonds is 8. The van der Waals surface area contributed by atoms with Crippen LogP contribution in [0.3, 0.4) is 0 Å². The highest BCUT2D eigenvalue weighted by Crippen LogP contribution is 2.33. The smallest absolute Gasteiger partial charge is 0.261 e. The van der Waals surface area contributed by atoms with Gasteiger partial charge in [0.1, 0.15) is 11.8 Å². The van der Waals surface area contributed by atoms with Gasteiger partial charge in [0.05, 0.1) is 4.47 Å². The quantitative estimate of drug-likeness (QED) is 0.312. The average molecular weight is 580 g/mol. The number of hydrogen-bond donors (Lipinski definition) is 1. The van der Waals surface area contributed by atoms with Gasteiger partial charge < -0.3 is 15.0 Å². The molecular weight excluding hydrogens is 551 g/mol. The first kappa shape index (κ1) is 27.3. The molecule has 3 aromatic rings. The monoisotopic (exact) mass is 578 g/mol. The summed E-state index contributed by atoms with van der Waals surface area (Å²) in [6.45, 7) is 7.49. The fourth-order valence-electron chi connectivity index (χ4n) is 3.75. The Labute approximate surface area is 224 Å². The topological polar surface area (TPSA) is 58.6 Å². The maximum Gasteiger partial charge on any atom is 0.261 e. The van der Waals surface area contributed by atoms with Crippen molar-refractivity contribution in [2.24, 2.45) is 0 Å². The Bertz CT molecular complexity index is 1230. The second kappa shape index (κ2) is 11.6. The van der Waals surface area contributed by atoms with Gasteiger partial charge in [0, 0.05) is 22.1 Å². The lowest BCUT2D eigenvalue weighted by molar-refractivity contribution is -0.143. The highest BCUT2D eigenvalue weighted by molar-refractivity contribution is 9.10. The van der Waals surface area contributed by atoms with Crippen molar-refractivity contribution in [3.63, 3.8) is 0 Å². The van der Waals surface area contributed by atoms with E-state index in [0.29, 0.717) is 27.8 Å². The zero-order valence-electron chi connectivity index (χ0n) is 20.2. The Morgan fingerprint density at radius 2 is 1.80 bits per heavy atom. The van der Waals surface area contributed by atoms with Crippen LogP contribution in [-0.4, -0.2) is 34.9 Å². The van der Waals surface area contributed by atoms with Gasteiger partial charge in [0.2, 0.25) is 5.91 Å². The summed E-state index contributed by atoms with van der Waals surface area (Å²) in [5, 5.41) is 5.95. The van der Waals surface area contributed by atoms with Crippen molar-refractivity contribution in [1.29, 1.82) is 0 Å². The van der Waals surface area contributed by atoms with Crippen LogP contribution < -0.4 is 10.1 Å². The molecule has 1 unspecified atom stereocenters. The van der Waals surface area contributed by atoms with Crippen molar-refractivity contribution in [2.75, 3.05) is 6.61 Å². The van der Waals surface area contributed by atoms with Crippen LogP contribution >= 0.6 is 39.1 Å². The Morgan fingerprint density at radius 3 is 2.46 bits per heavy atom. The third-order valence-electron chi connectivity index (χ3n) is 5.42. The predicted molar refractivity (Wildman–Crippen MR) is 146 cm³/mol. The summed E-state index contributed by atoms with van der Waals surface area (Å²) in [6, 6.07) is 16.1. The Hall–Kier alpha value is -2.28. The summed E-state index contributed by atoms with van der Waals surface area (Å²) >= 11 is 16.0. The fourth-order valence-corrected chi connectivity index (χ4v) is 4.83. The van der Waals surface area contributed by atoms with E-state index in [1.807, 2.05) is 64.1 Å². The minimum Gasteiger partial charge on any atom is -0.483 e. The summed E-state index contributed by atoms with van der Waals surface area (Å²) in [5.41, 5.74) is 0.252. The molecule has 35 heavy (non-hydrogen) atoms. The molecule has 0 fully saturated rings. The normalized spacial score (nSPS) is 12.3. The first-order chi connectivity index (χ1) is 16.5. The van der Waals surface area contributed by atoms with Gasteiger partial charge in [-0.15, -0.1) is 0 Å². The maximum atomic E-state index is 13.5. The van der Waals surface area contributed by atoms with Crippen molar-refractivity contribution >= 4 is 61.7 Å². The Balaban J connectivity index is 1.87. The number of carbonyl (C=O) groups excluding carboxylic acids is 2. The van der Waals surface area contributed by atoms with Gasteiger partial charge in [-0.1, -0.05) is 66.5 Å². The maximum absolute atomic E-state index is 13.5. The molecule has 1 atom stereocenters. The second-order valence-electron chi connectivity index (χ2n) is 9.31. The zero-order chi connectivity index (χ0) is 25.8. The SMILES string of the molecule is CCC(C(=O)NC(C)(C)C)N(Cc1ccc(Cl)cc1Cl)C(=O)COc1ccc2ccccc2c1Br. The van der Waals surface area contributed by atoms with E-state index in [1.54, 1.807) is 18.2 Å². The standard InChI is InChI=1S/C27H29BrCl2N2O3/c1-5-22(26(34)31-27(2,3)4)32(15-18-10-12-19(29)14-21(18)30)24(33)16-35-23-13-11-17-8-6-7-9-20(17)25(23)28/h6-14,22H,5,15-16H2,1-4H3,(H,31,34). The minimum absolute atomic E-state index is 0.146. The minimum atomic E-state index is -0.697. The number of benzene rings is 3. The molecule has 186 valence electrons. The van der Waals surface area contributed by atoms with Crippen LogP contribution in [-0.2, 0) is 16.1 Å². The average Bonchev–Trinajstić information content (AvgIpc) is 2.78. The molecule has 0 aromatic heterocycles. The molecule has 2 amide bonds. The molecular formula is C27H29BrCl2N2O3. The van der Waals surface area contributed by atoms with Crippen LogP contribution in [0, 0.1) is 0 Å². The molecule has 0 spiro atoms. The third kappa shape index (κ3) is 7.12. The number of halogens is 3. The molecule has 0 heterocycles. The molecule has 3 aromatic carbocycles. The third-order valence-corrected chi connectivity index (χ3v) is 6.82. The lowest BCUT2D eigenvalue weighted by Gasteiger charge is -2.33. The highest BCUT2D eigenvalue weighted by atomic mass is 79.9. The number of carbonyl (C=O) groups is 2. The van der Waals surface area contributed by atoms with Crippen molar-refractivity contribution in [1.82, 2.24) is 10.2 Å². The molecule has 0 radical (unpaired) electrons. The van der Waals surface area contributed by atoms with Crippen LogP contribution in [0.5, 0.6) is 5.75 Å². The summed E-state index contributed by atoms with van der Waals surface area (Å²) in [4.78, 5) is 28.1. The van der Waals surface area contributed by atoms with E-state index in [0.717, 1.165) is 15.2 Å². The molecule has 5 nitrogen and oxygen atoms in total. The van der Waals surface area contributed by atoms with Crippen molar-refractivity contribution in [3.05, 3.63) is 74.7 Å². The zero-order valence-corrected chi connectivity index (χ0v) is 23.3. The fraction of sp³-hybridized carbons (Fsp3) is 0.333. The highest BCUT2D eigenvalue weighted by Gasteiger charge is 2.31. The molecule has 1 N–H and O–H groups in total. The Kier molecular flexibility index (Phi) is 9.08. The predicted octanol–water partition coefficient (Wildman–Crippen LogP) is 7.01. The van der Waals surface area contributed by atoms with Gasteiger partial charge >= 0.3 is 0 Å². The summed E-state index contributed by atoms with van der Waals surface area (Å²) in [5.74, 6) is -0.00831. The van der Waals surface area contributed by atoms with Crippen LogP contribution in [0.2, 0.25) is 10.0 Å². The van der Waals surface area contributed by atoms with Crippen molar-refractivity contribution in [3.8, 4) is 5.75 Å². The molecule has 0 aliphatic carbocycles. The number of ether oxygens (including phenoxy) is 1. The van der Waals surface area contributed by atoms with Crippen LogP contribution in [0.1, 0.15) is 39.7 Å². The number of hydrogen-bond acceptors (Lipinski definition) is 3. The molecule has 8 heteroatoms. The lowest BCUT2D eigenvalue weighted by atomic mass is 10.1. The van der Waals surface area contributed by atoms with E-state index < -0.39 is 11.6 Å². The number of fused-ring (bicyclic) bond motifs is 1. The van der Waals surface area contributed by atoms with E-state index in [1.165, 1.54) is 4.90 Å². The van der Waals surface area contributed by atoms with Crippen molar-refractivity contribution < 1.29 is 14.3 Å². The molecule has 0 saturated heterocycles. The summed E-state index contributed by atoms with van der Waals surface area (Å²) in [6.07, 6.45) is 0.429. The van der Waals surface area contributed by atoms with E-state index >= 15 is 0 Å². The van der Waals surface area contributed by atoms with E-state index in [9.17, 15) is 9.59 Å². The van der Waals surface area contributed by atoms with Gasteiger partial charge in [-0.2, -0.15) is 0 Å². The van der Waals surface area contributed by atoms with E-state index in [-0.39, 0.29) is 25.0 Å². The number of nitrogens with zero attached hydrogens (tertiary/aromatic N) is 1. The number of amides is 2. The second-order valence-corrected chi connectivity index (χ2v) is 10.9. The molecule has 0 aliphatic rings. The lowest BCUT2D eigenvalue weighted by Crippen LogP contribution is -2.54. The first-order valence-corrected chi connectivity index (χ1v) is 12.9. The largest absolute Gasteiger partial charge is 0.483 e. The molecule has 0 saturated carbocycles. The van der Waals surface area contributed by atoms with E-state index in [4.69, 9.17) is 27.9 Å². The van der Waals surface area contributed by atoms with E-state index in [2.05, 4.69) is 21.2 Å². The molecule has 0 bridgehead atoms. The van der Waals surface area contributed by atoms with Gasteiger partial charge in [-0.3, -0.25) is 9.59 Å². The van der Waals surface area contributed by atoms with Crippen molar-refractivity contribution in [2.45, 2.75) is 52.2 Å². The van der Waals surface area contributed by atoms with Gasteiger partial charge in [0.15, 0.2) is 6.61 Å². The Morgan fingerprint density at radius 1 is 1.09 bits per heavy atom. The number of nitrogens with one attached hydrogen (secondary N) is 1.